The molecule has 1 fully saturated rings. The molecule has 0 aliphatic carbocycles. The average Bonchev–Trinajstić information content (AvgIpc) is 3.21. The number of benzene rings is 2. The van der Waals surface area contributed by atoms with E-state index in [1.54, 1.807) is 0 Å². The summed E-state index contributed by atoms with van der Waals surface area (Å²) in [6.45, 7) is 9.75. The minimum atomic E-state index is -0.658. The average molecular weight is 558 g/mol. The summed E-state index contributed by atoms with van der Waals surface area (Å²) >= 11 is 0. The number of fused-ring (bicyclic) bond motifs is 1. The summed E-state index contributed by atoms with van der Waals surface area (Å²) in [5.74, 6) is -0.187. The lowest BCUT2D eigenvalue weighted by molar-refractivity contribution is -0.112. The number of nitrogens with one attached hydrogen (secondary N) is 1. The Labute approximate surface area is 246 Å². The van der Waals surface area contributed by atoms with E-state index < -0.39 is 11.7 Å². The summed E-state index contributed by atoms with van der Waals surface area (Å²) in [6, 6.07) is 29.6. The summed E-state index contributed by atoms with van der Waals surface area (Å²) in [4.78, 5) is 36.4. The first-order chi connectivity index (χ1) is 20.4. The summed E-state index contributed by atoms with van der Waals surface area (Å²) in [5, 5.41) is 2.84. The number of carbonyl (C=O) groups is 2. The predicted molar refractivity (Wildman–Crippen MR) is 170 cm³/mol. The van der Waals surface area contributed by atoms with Crippen LogP contribution in [0.15, 0.2) is 91.0 Å². The molecule has 1 aliphatic heterocycles. The van der Waals surface area contributed by atoms with Crippen molar-refractivity contribution in [3.8, 4) is 11.1 Å². The molecule has 212 valence electrons. The molecule has 5 aromatic rings. The number of carbonyl (C=O) groups excluding carboxylic acids is 2. The van der Waals surface area contributed by atoms with Crippen LogP contribution in [0, 0.1) is 20.8 Å². The highest BCUT2D eigenvalue weighted by Gasteiger charge is 2.26. The Hall–Kier alpha value is -4.91. The van der Waals surface area contributed by atoms with Gasteiger partial charge < -0.3 is 19.5 Å². The number of hydrogen-bond donors (Lipinski definition) is 1. The van der Waals surface area contributed by atoms with Crippen LogP contribution in [0.2, 0.25) is 0 Å². The highest BCUT2D eigenvalue weighted by molar-refractivity contribution is 6.47. The number of pyridine rings is 2. The zero-order valence-electron chi connectivity index (χ0n) is 24.3. The molecule has 4 heterocycles. The Balaban J connectivity index is 1.17. The molecule has 0 saturated carbocycles. The molecule has 6 rings (SSSR count). The van der Waals surface area contributed by atoms with E-state index in [0.717, 1.165) is 72.1 Å². The second-order valence-electron chi connectivity index (χ2n) is 11.0. The number of amides is 1. The van der Waals surface area contributed by atoms with Crippen molar-refractivity contribution < 1.29 is 9.59 Å². The second-order valence-corrected chi connectivity index (χ2v) is 11.0. The van der Waals surface area contributed by atoms with Crippen LogP contribution in [0.3, 0.4) is 0 Å². The van der Waals surface area contributed by atoms with Crippen LogP contribution in [0.25, 0.3) is 16.6 Å². The van der Waals surface area contributed by atoms with Crippen LogP contribution in [0.5, 0.6) is 0 Å². The van der Waals surface area contributed by atoms with E-state index in [4.69, 9.17) is 4.98 Å². The van der Waals surface area contributed by atoms with Gasteiger partial charge in [-0.1, -0.05) is 36.4 Å². The molecule has 1 N–H and O–H groups in total. The number of aryl methyl sites for hydroxylation is 3. The van der Waals surface area contributed by atoms with Gasteiger partial charge in [-0.15, -0.1) is 0 Å². The van der Waals surface area contributed by atoms with Crippen LogP contribution in [0.1, 0.15) is 33.9 Å². The van der Waals surface area contributed by atoms with Crippen LogP contribution < -0.4 is 15.1 Å². The molecule has 3 aromatic heterocycles. The molecule has 42 heavy (non-hydrogen) atoms. The zero-order valence-corrected chi connectivity index (χ0v) is 24.3. The lowest BCUT2D eigenvalue weighted by atomic mass is 10.0. The van der Waals surface area contributed by atoms with Gasteiger partial charge >= 0.3 is 0 Å². The highest BCUT2D eigenvalue weighted by atomic mass is 16.2. The van der Waals surface area contributed by atoms with Crippen LogP contribution in [-0.2, 0) is 4.79 Å². The fourth-order valence-corrected chi connectivity index (χ4v) is 5.89. The fraction of sp³-hybridized carbons (Fsp3) is 0.229. The lowest BCUT2D eigenvalue weighted by Gasteiger charge is -2.24. The Morgan fingerprint density at radius 1 is 0.762 bits per heavy atom. The number of ketones is 1. The lowest BCUT2D eigenvalue weighted by Crippen LogP contribution is -2.31. The normalized spacial score (nSPS) is 13.7. The van der Waals surface area contributed by atoms with E-state index in [0.29, 0.717) is 11.4 Å². The quantitative estimate of drug-likeness (QED) is 0.192. The van der Waals surface area contributed by atoms with E-state index in [9.17, 15) is 9.59 Å². The van der Waals surface area contributed by atoms with Crippen molar-refractivity contribution in [3.05, 3.63) is 114 Å². The Kier molecular flexibility index (Phi) is 7.48. The molecular weight excluding hydrogens is 522 g/mol. The SMILES string of the molecule is Cc1cc(C)nc(N2CCCN(c3ccc(NC(=O)C(=O)c4c(-c5ccccc5)cc5cccc(C)n45)cc3)CC2)c1. The van der Waals surface area contributed by atoms with E-state index in [1.807, 2.05) is 97.1 Å². The van der Waals surface area contributed by atoms with Gasteiger partial charge in [-0.05, 0) is 92.9 Å². The Morgan fingerprint density at radius 3 is 2.26 bits per heavy atom. The first-order valence-corrected chi connectivity index (χ1v) is 14.4. The maximum Gasteiger partial charge on any atom is 0.298 e. The third-order valence-corrected chi connectivity index (χ3v) is 7.89. The Bertz CT molecular complexity index is 1740. The van der Waals surface area contributed by atoms with Crippen molar-refractivity contribution in [1.29, 1.82) is 0 Å². The highest BCUT2D eigenvalue weighted by Crippen LogP contribution is 2.30. The third kappa shape index (κ3) is 5.50. The molecule has 1 amide bonds. The van der Waals surface area contributed by atoms with E-state index in [1.165, 1.54) is 5.56 Å². The van der Waals surface area contributed by atoms with Gasteiger partial charge in [0.25, 0.3) is 11.7 Å². The third-order valence-electron chi connectivity index (χ3n) is 7.89. The van der Waals surface area contributed by atoms with Gasteiger partial charge in [0, 0.05) is 60.0 Å². The smallest absolute Gasteiger partial charge is 0.298 e. The molecule has 2 aromatic carbocycles. The number of aromatic nitrogens is 2. The van der Waals surface area contributed by atoms with Crippen LogP contribution >= 0.6 is 0 Å². The topological polar surface area (TPSA) is 70.0 Å². The molecule has 0 radical (unpaired) electrons. The van der Waals surface area contributed by atoms with Gasteiger partial charge in [-0.3, -0.25) is 9.59 Å². The fourth-order valence-electron chi connectivity index (χ4n) is 5.89. The summed E-state index contributed by atoms with van der Waals surface area (Å²) < 4.78 is 1.86. The van der Waals surface area contributed by atoms with Gasteiger partial charge in [-0.2, -0.15) is 0 Å². The first-order valence-electron chi connectivity index (χ1n) is 14.4. The minimum absolute atomic E-state index is 0.371. The molecule has 1 saturated heterocycles. The molecule has 7 nitrogen and oxygen atoms in total. The minimum Gasteiger partial charge on any atom is -0.370 e. The summed E-state index contributed by atoms with van der Waals surface area (Å²) in [6.07, 6.45) is 1.02. The molecule has 0 unspecified atom stereocenters. The van der Waals surface area contributed by atoms with Crippen molar-refractivity contribution in [2.24, 2.45) is 0 Å². The molecular formula is C35H35N5O2. The van der Waals surface area contributed by atoms with E-state index in [2.05, 4.69) is 34.2 Å². The zero-order chi connectivity index (χ0) is 29.2. The standard InChI is InChI=1S/C35H35N5O2/c1-24-21-25(2)36-32(22-24)39-18-8-17-38(19-20-39)29-15-13-28(14-16-29)37-35(42)34(41)33-31(27-10-5-4-6-11-27)23-30-12-7-9-26(3)40(30)33/h4-7,9-16,21-23H,8,17-20H2,1-3H3,(H,37,42). The molecule has 0 atom stereocenters. The van der Waals surface area contributed by atoms with Crippen LogP contribution in [-0.4, -0.2) is 47.3 Å². The maximum atomic E-state index is 13.7. The van der Waals surface area contributed by atoms with Crippen molar-refractivity contribution in [3.63, 3.8) is 0 Å². The maximum absolute atomic E-state index is 13.7. The summed E-state index contributed by atoms with van der Waals surface area (Å²) in [7, 11) is 0. The largest absolute Gasteiger partial charge is 0.370 e. The second kappa shape index (κ2) is 11.5. The van der Waals surface area contributed by atoms with Crippen molar-refractivity contribution in [2.75, 3.05) is 41.3 Å². The van der Waals surface area contributed by atoms with Crippen molar-refractivity contribution >= 4 is 34.4 Å². The summed E-state index contributed by atoms with van der Waals surface area (Å²) in [5.41, 5.74) is 7.72. The number of Topliss-reactive ketones (excluding diaryl/α,β-unsaturated/α-hetero) is 1. The molecule has 7 heteroatoms. The number of hydrogen-bond acceptors (Lipinski definition) is 5. The number of anilines is 3. The van der Waals surface area contributed by atoms with Gasteiger partial charge in [0.15, 0.2) is 0 Å². The van der Waals surface area contributed by atoms with Gasteiger partial charge in [0.05, 0.1) is 0 Å². The van der Waals surface area contributed by atoms with Gasteiger partial charge in [-0.25, -0.2) is 4.98 Å². The van der Waals surface area contributed by atoms with E-state index >= 15 is 0 Å². The van der Waals surface area contributed by atoms with Gasteiger partial charge in [0.1, 0.15) is 11.5 Å². The van der Waals surface area contributed by atoms with Crippen molar-refractivity contribution in [1.82, 2.24) is 9.38 Å². The first kappa shape index (κ1) is 27.3. The van der Waals surface area contributed by atoms with E-state index in [-0.39, 0.29) is 0 Å². The molecule has 0 bridgehead atoms. The predicted octanol–water partition coefficient (Wildman–Crippen LogP) is 6.46. The van der Waals surface area contributed by atoms with Crippen LogP contribution in [0.4, 0.5) is 17.2 Å². The van der Waals surface area contributed by atoms with Crippen molar-refractivity contribution in [2.45, 2.75) is 27.2 Å². The van der Waals surface area contributed by atoms with Gasteiger partial charge in [0.2, 0.25) is 0 Å². The molecule has 0 spiro atoms. The number of rotatable bonds is 6. The molecule has 1 aliphatic rings. The number of nitrogens with zero attached hydrogens (tertiary/aromatic N) is 4. The Morgan fingerprint density at radius 2 is 1.50 bits per heavy atom. The monoisotopic (exact) mass is 557 g/mol.